The second kappa shape index (κ2) is 6.24. The van der Waals surface area contributed by atoms with Crippen LogP contribution < -0.4 is 10.1 Å². The summed E-state index contributed by atoms with van der Waals surface area (Å²) in [6, 6.07) is 13.4. The third-order valence-electron chi connectivity index (χ3n) is 3.25. The Bertz CT molecular complexity index is 620. The van der Waals surface area contributed by atoms with Crippen LogP contribution in [0.4, 0.5) is 5.69 Å². The summed E-state index contributed by atoms with van der Waals surface area (Å²) < 4.78 is 5.25. The predicted molar refractivity (Wildman–Crippen MR) is 81.5 cm³/mol. The smallest absolute Gasteiger partial charge is 0.259 e. The number of benzene rings is 2. The van der Waals surface area contributed by atoms with Crippen molar-refractivity contribution in [1.29, 1.82) is 0 Å². The highest BCUT2D eigenvalue weighted by atomic mass is 16.5. The summed E-state index contributed by atoms with van der Waals surface area (Å²) in [5, 5.41) is 2.96. The fourth-order valence-electron chi connectivity index (χ4n) is 2.14. The number of carbonyl (C=O) groups excluding carboxylic acids is 1. The number of para-hydroxylation sites is 1. The lowest BCUT2D eigenvalue weighted by Gasteiger charge is -2.12. The Balaban J connectivity index is 2.30. The van der Waals surface area contributed by atoms with Gasteiger partial charge in [-0.25, -0.2) is 0 Å². The molecule has 2 aromatic rings. The Morgan fingerprint density at radius 1 is 1.20 bits per heavy atom. The Hall–Kier alpha value is -2.29. The average molecular weight is 269 g/mol. The molecule has 0 bridgehead atoms. The van der Waals surface area contributed by atoms with Crippen molar-refractivity contribution in [2.24, 2.45) is 0 Å². The molecule has 104 valence electrons. The van der Waals surface area contributed by atoms with Crippen molar-refractivity contribution in [3.63, 3.8) is 0 Å². The Labute approximate surface area is 119 Å². The number of hydrogen-bond donors (Lipinski definition) is 1. The maximum Gasteiger partial charge on any atom is 0.259 e. The van der Waals surface area contributed by atoms with Crippen molar-refractivity contribution >= 4 is 11.6 Å². The molecule has 0 saturated heterocycles. The van der Waals surface area contributed by atoms with Crippen LogP contribution >= 0.6 is 0 Å². The lowest BCUT2D eigenvalue weighted by Crippen LogP contribution is -2.14. The predicted octanol–water partition coefficient (Wildman–Crippen LogP) is 3.82. The zero-order chi connectivity index (χ0) is 14.5. The molecule has 0 fully saturated rings. The standard InChI is InChI=1S/C17H19NO2/c1-4-13-7-5-6-8-15(13)18-17(19)14-11-12(2)9-10-16(14)20-3/h5-11H,4H2,1-3H3,(H,18,19). The molecule has 0 spiro atoms. The van der Waals surface area contributed by atoms with Crippen molar-refractivity contribution in [3.05, 3.63) is 59.2 Å². The molecule has 3 nitrogen and oxygen atoms in total. The zero-order valence-electron chi connectivity index (χ0n) is 12.1. The molecule has 3 heteroatoms. The van der Waals surface area contributed by atoms with Gasteiger partial charge in [0.05, 0.1) is 12.7 Å². The Morgan fingerprint density at radius 3 is 2.65 bits per heavy atom. The second-order valence-corrected chi connectivity index (χ2v) is 4.67. The van der Waals surface area contributed by atoms with Crippen molar-refractivity contribution in [1.82, 2.24) is 0 Å². The summed E-state index contributed by atoms with van der Waals surface area (Å²) >= 11 is 0. The third-order valence-corrected chi connectivity index (χ3v) is 3.25. The van der Waals surface area contributed by atoms with Crippen LogP contribution in [0.15, 0.2) is 42.5 Å². The van der Waals surface area contributed by atoms with Crippen LogP contribution in [0.5, 0.6) is 5.75 Å². The Kier molecular flexibility index (Phi) is 4.41. The molecule has 0 aliphatic heterocycles. The number of nitrogens with one attached hydrogen (secondary N) is 1. The largest absolute Gasteiger partial charge is 0.496 e. The van der Waals surface area contributed by atoms with E-state index >= 15 is 0 Å². The van der Waals surface area contributed by atoms with Crippen molar-refractivity contribution < 1.29 is 9.53 Å². The molecule has 0 aliphatic carbocycles. The maximum atomic E-state index is 12.4. The molecule has 0 unspecified atom stereocenters. The van der Waals surface area contributed by atoms with Crippen LogP contribution in [0.3, 0.4) is 0 Å². The first kappa shape index (κ1) is 14.1. The zero-order valence-corrected chi connectivity index (χ0v) is 12.1. The van der Waals surface area contributed by atoms with Gasteiger partial charge in [-0.2, -0.15) is 0 Å². The van der Waals surface area contributed by atoms with Gasteiger partial charge < -0.3 is 10.1 Å². The summed E-state index contributed by atoms with van der Waals surface area (Å²) in [7, 11) is 1.57. The summed E-state index contributed by atoms with van der Waals surface area (Å²) in [6.07, 6.45) is 0.876. The molecule has 2 aromatic carbocycles. The maximum absolute atomic E-state index is 12.4. The molecule has 0 radical (unpaired) electrons. The monoisotopic (exact) mass is 269 g/mol. The van der Waals surface area contributed by atoms with Gasteiger partial charge in [-0.1, -0.05) is 36.8 Å². The highest BCUT2D eigenvalue weighted by molar-refractivity contribution is 6.06. The minimum Gasteiger partial charge on any atom is -0.496 e. The van der Waals surface area contributed by atoms with E-state index in [-0.39, 0.29) is 5.91 Å². The number of ether oxygens (including phenoxy) is 1. The van der Waals surface area contributed by atoms with Crippen molar-refractivity contribution in [2.45, 2.75) is 20.3 Å². The fourth-order valence-corrected chi connectivity index (χ4v) is 2.14. The Morgan fingerprint density at radius 2 is 1.95 bits per heavy atom. The van der Waals surface area contributed by atoms with Crippen molar-refractivity contribution in [3.8, 4) is 5.75 Å². The normalized spacial score (nSPS) is 10.2. The van der Waals surface area contributed by atoms with Gasteiger partial charge in [0.15, 0.2) is 0 Å². The molecule has 0 atom stereocenters. The fraction of sp³-hybridized carbons (Fsp3) is 0.235. The number of methoxy groups -OCH3 is 1. The van der Waals surface area contributed by atoms with Crippen molar-refractivity contribution in [2.75, 3.05) is 12.4 Å². The molecule has 20 heavy (non-hydrogen) atoms. The highest BCUT2D eigenvalue weighted by Crippen LogP contribution is 2.22. The number of aryl methyl sites for hydroxylation is 2. The van der Waals surface area contributed by atoms with Gasteiger partial charge in [0.2, 0.25) is 0 Å². The number of amides is 1. The molecule has 0 saturated carbocycles. The number of hydrogen-bond acceptors (Lipinski definition) is 2. The molecule has 0 heterocycles. The van der Waals surface area contributed by atoms with Gasteiger partial charge in [-0.05, 0) is 37.1 Å². The first-order valence-electron chi connectivity index (χ1n) is 6.69. The van der Waals surface area contributed by atoms with Crippen LogP contribution in [-0.2, 0) is 6.42 Å². The van der Waals surface area contributed by atoms with E-state index in [4.69, 9.17) is 4.74 Å². The van der Waals surface area contributed by atoms with Gasteiger partial charge >= 0.3 is 0 Å². The van der Waals surface area contributed by atoms with E-state index in [1.54, 1.807) is 7.11 Å². The van der Waals surface area contributed by atoms with E-state index in [2.05, 4.69) is 12.2 Å². The van der Waals surface area contributed by atoms with Crippen LogP contribution in [0.25, 0.3) is 0 Å². The van der Waals surface area contributed by atoms with E-state index in [0.29, 0.717) is 11.3 Å². The SMILES string of the molecule is CCc1ccccc1NC(=O)c1cc(C)ccc1OC. The van der Waals surface area contributed by atoms with Gasteiger partial charge in [0, 0.05) is 5.69 Å². The number of rotatable bonds is 4. The van der Waals surface area contributed by atoms with Gasteiger partial charge in [-0.3, -0.25) is 4.79 Å². The third kappa shape index (κ3) is 2.99. The van der Waals surface area contributed by atoms with Gasteiger partial charge in [0.25, 0.3) is 5.91 Å². The molecule has 0 aromatic heterocycles. The second-order valence-electron chi connectivity index (χ2n) is 4.67. The summed E-state index contributed by atoms with van der Waals surface area (Å²) in [6.45, 7) is 4.02. The van der Waals surface area contributed by atoms with Gasteiger partial charge in [-0.15, -0.1) is 0 Å². The molecular formula is C17H19NO2. The summed E-state index contributed by atoms with van der Waals surface area (Å²) in [5.41, 5.74) is 3.55. The minimum absolute atomic E-state index is 0.147. The van der Waals surface area contributed by atoms with Crippen LogP contribution in [0.2, 0.25) is 0 Å². The lowest BCUT2D eigenvalue weighted by molar-refractivity contribution is 0.102. The van der Waals surface area contributed by atoms with Crippen LogP contribution in [0.1, 0.15) is 28.4 Å². The van der Waals surface area contributed by atoms with E-state index in [1.165, 1.54) is 0 Å². The van der Waals surface area contributed by atoms with Crippen LogP contribution in [0, 0.1) is 6.92 Å². The first-order valence-corrected chi connectivity index (χ1v) is 6.69. The molecular weight excluding hydrogens is 250 g/mol. The highest BCUT2D eigenvalue weighted by Gasteiger charge is 2.13. The van der Waals surface area contributed by atoms with E-state index in [0.717, 1.165) is 23.2 Å². The number of carbonyl (C=O) groups is 1. The topological polar surface area (TPSA) is 38.3 Å². The first-order chi connectivity index (χ1) is 9.65. The number of anilines is 1. The molecule has 0 aliphatic rings. The lowest BCUT2D eigenvalue weighted by atomic mass is 10.1. The quantitative estimate of drug-likeness (QED) is 0.916. The minimum atomic E-state index is -0.147. The summed E-state index contributed by atoms with van der Waals surface area (Å²) in [4.78, 5) is 12.4. The average Bonchev–Trinajstić information content (AvgIpc) is 2.47. The summed E-state index contributed by atoms with van der Waals surface area (Å²) in [5.74, 6) is 0.438. The van der Waals surface area contributed by atoms with E-state index < -0.39 is 0 Å². The molecule has 1 N–H and O–H groups in total. The molecule has 2 rings (SSSR count). The molecule has 1 amide bonds. The van der Waals surface area contributed by atoms with Crippen LogP contribution in [-0.4, -0.2) is 13.0 Å². The van der Waals surface area contributed by atoms with E-state index in [1.807, 2.05) is 49.4 Å². The van der Waals surface area contributed by atoms with E-state index in [9.17, 15) is 4.79 Å². The van der Waals surface area contributed by atoms with Gasteiger partial charge in [0.1, 0.15) is 5.75 Å².